The predicted molar refractivity (Wildman–Crippen MR) is 117 cm³/mol. The van der Waals surface area contributed by atoms with Crippen molar-refractivity contribution in [2.45, 2.75) is 19.1 Å². The SMILES string of the molecule is COc1ccccc1CN1C[C@H](C(=O)N2CCN(c3cccc(C(F)(F)F)c3)CC2)CC1=O. The molecular formula is C24H26F3N3O3. The standard InChI is InChI=1S/C24H26F3N3O3/c1-33-21-8-3-2-5-17(21)15-30-16-18(13-22(30)31)23(32)29-11-9-28(10-12-29)20-7-4-6-19(14-20)24(25,26)27/h2-8,14,18H,9-13,15-16H2,1H3/t18-/m1/s1. The number of halogens is 3. The van der Waals surface area contributed by atoms with Crippen molar-refractivity contribution in [3.05, 3.63) is 59.7 Å². The third-order valence-corrected chi connectivity index (χ3v) is 6.25. The number of para-hydroxylation sites is 1. The van der Waals surface area contributed by atoms with Crippen LogP contribution in [-0.2, 0) is 22.3 Å². The fourth-order valence-electron chi connectivity index (χ4n) is 4.45. The maximum absolute atomic E-state index is 13.1. The number of rotatable bonds is 5. The molecule has 0 N–H and O–H groups in total. The molecular weight excluding hydrogens is 435 g/mol. The van der Waals surface area contributed by atoms with Gasteiger partial charge in [0, 0.05) is 56.9 Å². The number of hydrogen-bond acceptors (Lipinski definition) is 4. The molecule has 1 atom stereocenters. The van der Waals surface area contributed by atoms with Gasteiger partial charge in [0.2, 0.25) is 11.8 Å². The Kier molecular flexibility index (Phi) is 6.49. The number of hydrogen-bond donors (Lipinski definition) is 0. The Bertz CT molecular complexity index is 1020. The summed E-state index contributed by atoms with van der Waals surface area (Å²) >= 11 is 0. The fraction of sp³-hybridized carbons (Fsp3) is 0.417. The van der Waals surface area contributed by atoms with Crippen LogP contribution >= 0.6 is 0 Å². The maximum atomic E-state index is 13.1. The molecule has 2 saturated heterocycles. The summed E-state index contributed by atoms with van der Waals surface area (Å²) in [6.45, 7) is 2.44. The molecule has 0 aromatic heterocycles. The Morgan fingerprint density at radius 3 is 2.48 bits per heavy atom. The van der Waals surface area contributed by atoms with Gasteiger partial charge < -0.3 is 19.4 Å². The van der Waals surface area contributed by atoms with Gasteiger partial charge in [0.25, 0.3) is 0 Å². The number of likely N-dealkylation sites (tertiary alicyclic amines) is 1. The number of nitrogens with zero attached hydrogens (tertiary/aromatic N) is 3. The minimum atomic E-state index is -4.39. The summed E-state index contributed by atoms with van der Waals surface area (Å²) in [6, 6.07) is 12.7. The van der Waals surface area contributed by atoms with Crippen molar-refractivity contribution >= 4 is 17.5 Å². The number of anilines is 1. The number of benzene rings is 2. The van der Waals surface area contributed by atoms with E-state index in [1.165, 1.54) is 6.07 Å². The van der Waals surface area contributed by atoms with E-state index in [-0.39, 0.29) is 18.2 Å². The molecule has 33 heavy (non-hydrogen) atoms. The van der Waals surface area contributed by atoms with Crippen LogP contribution in [0.4, 0.5) is 18.9 Å². The Morgan fingerprint density at radius 1 is 1.06 bits per heavy atom. The predicted octanol–water partition coefficient (Wildman–Crippen LogP) is 3.41. The van der Waals surface area contributed by atoms with E-state index in [4.69, 9.17) is 4.74 Å². The summed E-state index contributed by atoms with van der Waals surface area (Å²) in [7, 11) is 1.58. The summed E-state index contributed by atoms with van der Waals surface area (Å²) in [5.74, 6) is 0.148. The molecule has 2 heterocycles. The lowest BCUT2D eigenvalue weighted by Gasteiger charge is -2.37. The highest BCUT2D eigenvalue weighted by Crippen LogP contribution is 2.32. The van der Waals surface area contributed by atoms with Crippen LogP contribution in [0.25, 0.3) is 0 Å². The van der Waals surface area contributed by atoms with E-state index in [0.717, 1.165) is 17.7 Å². The lowest BCUT2D eigenvalue weighted by molar-refractivity contribution is -0.137. The van der Waals surface area contributed by atoms with Gasteiger partial charge in [0.05, 0.1) is 18.6 Å². The number of amides is 2. The van der Waals surface area contributed by atoms with Crippen LogP contribution in [-0.4, -0.2) is 61.4 Å². The van der Waals surface area contributed by atoms with Crippen LogP contribution in [0, 0.1) is 5.92 Å². The summed E-state index contributed by atoms with van der Waals surface area (Å²) in [5.41, 5.74) is 0.699. The van der Waals surface area contributed by atoms with Gasteiger partial charge in [-0.1, -0.05) is 24.3 Å². The normalized spacial score (nSPS) is 19.2. The average molecular weight is 461 g/mol. The molecule has 0 saturated carbocycles. The van der Waals surface area contributed by atoms with E-state index in [2.05, 4.69) is 0 Å². The van der Waals surface area contributed by atoms with Crippen LogP contribution in [0.5, 0.6) is 5.75 Å². The molecule has 0 spiro atoms. The van der Waals surface area contributed by atoms with Gasteiger partial charge in [0.1, 0.15) is 5.75 Å². The van der Waals surface area contributed by atoms with Crippen molar-refractivity contribution in [2.24, 2.45) is 5.92 Å². The third-order valence-electron chi connectivity index (χ3n) is 6.25. The monoisotopic (exact) mass is 461 g/mol. The fourth-order valence-corrected chi connectivity index (χ4v) is 4.45. The maximum Gasteiger partial charge on any atom is 0.416 e. The van der Waals surface area contributed by atoms with Crippen LogP contribution < -0.4 is 9.64 Å². The minimum Gasteiger partial charge on any atom is -0.496 e. The topological polar surface area (TPSA) is 53.1 Å². The molecule has 9 heteroatoms. The van der Waals surface area contributed by atoms with Gasteiger partial charge in [-0.25, -0.2) is 0 Å². The second-order valence-corrected chi connectivity index (χ2v) is 8.35. The van der Waals surface area contributed by atoms with E-state index in [1.807, 2.05) is 29.2 Å². The highest BCUT2D eigenvalue weighted by molar-refractivity contribution is 5.89. The van der Waals surface area contributed by atoms with Crippen molar-refractivity contribution in [3.63, 3.8) is 0 Å². The summed E-state index contributed by atoms with van der Waals surface area (Å²) < 4.78 is 44.4. The van der Waals surface area contributed by atoms with Gasteiger partial charge in [0.15, 0.2) is 0 Å². The van der Waals surface area contributed by atoms with Crippen LogP contribution in [0.1, 0.15) is 17.5 Å². The van der Waals surface area contributed by atoms with Gasteiger partial charge in [-0.3, -0.25) is 9.59 Å². The summed E-state index contributed by atoms with van der Waals surface area (Å²) in [6.07, 6.45) is -4.22. The smallest absolute Gasteiger partial charge is 0.416 e. The minimum absolute atomic E-state index is 0.0677. The first kappa shape index (κ1) is 22.9. The second kappa shape index (κ2) is 9.33. The first-order chi connectivity index (χ1) is 15.8. The number of carbonyl (C=O) groups excluding carboxylic acids is 2. The number of alkyl halides is 3. The molecule has 6 nitrogen and oxygen atoms in total. The van der Waals surface area contributed by atoms with Gasteiger partial charge >= 0.3 is 6.18 Å². The number of carbonyl (C=O) groups is 2. The number of ether oxygens (including phenoxy) is 1. The molecule has 4 rings (SSSR count). The van der Waals surface area contributed by atoms with Crippen molar-refractivity contribution in [1.82, 2.24) is 9.80 Å². The van der Waals surface area contributed by atoms with Crippen molar-refractivity contribution in [2.75, 3.05) is 44.7 Å². The Labute approximate surface area is 190 Å². The van der Waals surface area contributed by atoms with E-state index in [1.54, 1.807) is 23.0 Å². The van der Waals surface area contributed by atoms with Gasteiger partial charge in [-0.2, -0.15) is 13.2 Å². The highest BCUT2D eigenvalue weighted by Gasteiger charge is 2.37. The molecule has 2 aromatic carbocycles. The van der Waals surface area contributed by atoms with E-state index in [9.17, 15) is 22.8 Å². The third kappa shape index (κ3) is 5.07. The van der Waals surface area contributed by atoms with E-state index in [0.29, 0.717) is 50.7 Å². The molecule has 0 unspecified atom stereocenters. The quantitative estimate of drug-likeness (QED) is 0.685. The highest BCUT2D eigenvalue weighted by atomic mass is 19.4. The lowest BCUT2D eigenvalue weighted by atomic mass is 10.1. The molecule has 0 bridgehead atoms. The van der Waals surface area contributed by atoms with E-state index >= 15 is 0 Å². The van der Waals surface area contributed by atoms with Crippen LogP contribution in [0.2, 0.25) is 0 Å². The molecule has 2 aliphatic rings. The molecule has 0 radical (unpaired) electrons. The Morgan fingerprint density at radius 2 is 1.79 bits per heavy atom. The lowest BCUT2D eigenvalue weighted by Crippen LogP contribution is -2.50. The molecule has 176 valence electrons. The zero-order chi connectivity index (χ0) is 23.6. The van der Waals surface area contributed by atoms with Crippen molar-refractivity contribution < 1.29 is 27.5 Å². The number of methoxy groups -OCH3 is 1. The molecule has 2 aliphatic heterocycles. The first-order valence-corrected chi connectivity index (χ1v) is 10.9. The first-order valence-electron chi connectivity index (χ1n) is 10.9. The molecule has 0 aliphatic carbocycles. The molecule has 2 amide bonds. The summed E-state index contributed by atoms with van der Waals surface area (Å²) in [5, 5.41) is 0. The molecule has 2 fully saturated rings. The van der Waals surface area contributed by atoms with Crippen molar-refractivity contribution in [1.29, 1.82) is 0 Å². The Hall–Kier alpha value is -3.23. The second-order valence-electron chi connectivity index (χ2n) is 8.35. The summed E-state index contributed by atoms with van der Waals surface area (Å²) in [4.78, 5) is 30.8. The zero-order valence-electron chi connectivity index (χ0n) is 18.3. The zero-order valence-corrected chi connectivity index (χ0v) is 18.3. The van der Waals surface area contributed by atoms with Gasteiger partial charge in [-0.05, 0) is 24.3 Å². The average Bonchev–Trinajstić information content (AvgIpc) is 3.18. The van der Waals surface area contributed by atoms with E-state index < -0.39 is 17.7 Å². The largest absolute Gasteiger partial charge is 0.496 e. The number of piperazine rings is 1. The van der Waals surface area contributed by atoms with Crippen molar-refractivity contribution in [3.8, 4) is 5.75 Å². The van der Waals surface area contributed by atoms with Gasteiger partial charge in [-0.15, -0.1) is 0 Å². The molecule has 2 aromatic rings. The van der Waals surface area contributed by atoms with Crippen LogP contribution in [0.3, 0.4) is 0 Å². The Balaban J connectivity index is 1.34. The van der Waals surface area contributed by atoms with Crippen LogP contribution in [0.15, 0.2) is 48.5 Å².